The van der Waals surface area contributed by atoms with Crippen molar-refractivity contribution >= 4 is 12.6 Å². The normalized spacial score (nSPS) is 11.4. The maximum Gasteiger partial charge on any atom is 0.493 e. The average Bonchev–Trinajstić information content (AvgIpc) is 2.38. The lowest BCUT2D eigenvalue weighted by molar-refractivity contribution is 0.129. The van der Waals surface area contributed by atoms with Crippen LogP contribution < -0.4 is 10.2 Å². The van der Waals surface area contributed by atoms with E-state index in [2.05, 4.69) is 20.8 Å². The van der Waals surface area contributed by atoms with E-state index in [1.165, 1.54) is 0 Å². The van der Waals surface area contributed by atoms with E-state index in [0.29, 0.717) is 6.61 Å². The van der Waals surface area contributed by atoms with Crippen molar-refractivity contribution in [2.75, 3.05) is 26.9 Å². The molecule has 0 saturated carbocycles. The van der Waals surface area contributed by atoms with Gasteiger partial charge in [-0.2, -0.15) is 0 Å². The molecule has 0 radical (unpaired) electrons. The summed E-state index contributed by atoms with van der Waals surface area (Å²) in [5.41, 5.74) is 0.978. The average molecular weight is 266 g/mol. The van der Waals surface area contributed by atoms with Gasteiger partial charge in [0.05, 0.1) is 20.3 Å². The van der Waals surface area contributed by atoms with Crippen molar-refractivity contribution in [1.82, 2.24) is 0 Å². The van der Waals surface area contributed by atoms with Gasteiger partial charge in [-0.05, 0) is 23.0 Å². The summed E-state index contributed by atoms with van der Waals surface area (Å²) in [6, 6.07) is 7.54. The summed E-state index contributed by atoms with van der Waals surface area (Å²) in [5.74, 6) is 0.792. The zero-order valence-corrected chi connectivity index (χ0v) is 12.2. The lowest BCUT2D eigenvalue weighted by atomic mass is 9.78. The molecule has 0 bridgehead atoms. The summed E-state index contributed by atoms with van der Waals surface area (Å²) in [7, 11) is 1.17. The zero-order chi connectivity index (χ0) is 14.3. The fourth-order valence-electron chi connectivity index (χ4n) is 1.49. The lowest BCUT2D eigenvalue weighted by Crippen LogP contribution is -2.39. The van der Waals surface area contributed by atoms with E-state index in [1.54, 1.807) is 7.11 Å². The zero-order valence-electron chi connectivity index (χ0n) is 12.2. The van der Waals surface area contributed by atoms with Crippen LogP contribution in [-0.2, 0) is 9.31 Å². The van der Waals surface area contributed by atoms with Crippen LogP contribution in [0.15, 0.2) is 24.3 Å². The second-order valence-corrected chi connectivity index (χ2v) is 5.57. The topological polar surface area (TPSA) is 47.9 Å². The third-order valence-corrected chi connectivity index (χ3v) is 2.42. The quantitative estimate of drug-likeness (QED) is 0.759. The van der Waals surface area contributed by atoms with Crippen LogP contribution >= 0.6 is 0 Å². The molecule has 1 aromatic rings. The first kappa shape index (κ1) is 16.0. The third-order valence-electron chi connectivity index (χ3n) is 2.42. The van der Waals surface area contributed by atoms with Crippen molar-refractivity contribution in [3.05, 3.63) is 24.3 Å². The fourth-order valence-corrected chi connectivity index (χ4v) is 1.49. The summed E-state index contributed by atoms with van der Waals surface area (Å²) in [4.78, 5) is 0. The Balaban J connectivity index is 2.70. The predicted molar refractivity (Wildman–Crippen MR) is 76.8 cm³/mol. The Hall–Kier alpha value is -1.04. The molecule has 1 rings (SSSR count). The molecule has 0 fully saturated rings. The van der Waals surface area contributed by atoms with E-state index in [0.717, 1.165) is 11.2 Å². The minimum absolute atomic E-state index is 0.0223. The van der Waals surface area contributed by atoms with Crippen LogP contribution in [0.5, 0.6) is 5.75 Å². The van der Waals surface area contributed by atoms with Crippen LogP contribution in [0.4, 0.5) is 0 Å². The van der Waals surface area contributed by atoms with E-state index in [9.17, 15) is 0 Å². The molecule has 0 spiro atoms. The van der Waals surface area contributed by atoms with Gasteiger partial charge in [0.1, 0.15) is 5.75 Å². The summed E-state index contributed by atoms with van der Waals surface area (Å²) in [6.45, 7) is 7.11. The van der Waals surface area contributed by atoms with Crippen LogP contribution in [0.25, 0.3) is 0 Å². The molecular formula is C14H23BO4. The summed E-state index contributed by atoms with van der Waals surface area (Å²) < 4.78 is 16.4. The maximum absolute atomic E-state index is 8.87. The number of benzene rings is 1. The Labute approximate surface area is 115 Å². The third kappa shape index (κ3) is 6.10. The van der Waals surface area contributed by atoms with Crippen molar-refractivity contribution in [3.8, 4) is 5.75 Å². The van der Waals surface area contributed by atoms with E-state index in [4.69, 9.17) is 19.2 Å². The molecule has 0 aromatic heterocycles. The van der Waals surface area contributed by atoms with Crippen LogP contribution in [0.3, 0.4) is 0 Å². The van der Waals surface area contributed by atoms with Crippen molar-refractivity contribution in [2.24, 2.45) is 5.41 Å². The van der Waals surface area contributed by atoms with Gasteiger partial charge < -0.3 is 19.2 Å². The predicted octanol–water partition coefficient (Wildman–Crippen LogP) is 1.46. The van der Waals surface area contributed by atoms with Crippen molar-refractivity contribution < 1.29 is 19.2 Å². The van der Waals surface area contributed by atoms with Crippen molar-refractivity contribution in [1.29, 1.82) is 0 Å². The van der Waals surface area contributed by atoms with Crippen LogP contribution in [0.1, 0.15) is 20.8 Å². The molecule has 4 nitrogen and oxygen atoms in total. The second kappa shape index (κ2) is 7.53. The standard InChI is InChI=1S/C14H23BO4/c1-14(2,3)11-19-15(18-10-9-16)12-5-7-13(17-4)8-6-12/h5-8,16H,9-11H2,1-4H3. The van der Waals surface area contributed by atoms with Gasteiger partial charge in [0.25, 0.3) is 0 Å². The van der Waals surface area contributed by atoms with E-state index in [-0.39, 0.29) is 18.6 Å². The first-order valence-corrected chi connectivity index (χ1v) is 6.44. The van der Waals surface area contributed by atoms with Gasteiger partial charge in [0.15, 0.2) is 0 Å². The smallest absolute Gasteiger partial charge is 0.493 e. The fraction of sp³-hybridized carbons (Fsp3) is 0.571. The number of rotatable bonds is 7. The molecule has 0 aliphatic carbocycles. The highest BCUT2D eigenvalue weighted by atomic mass is 16.6. The minimum Gasteiger partial charge on any atom is -0.497 e. The Morgan fingerprint density at radius 1 is 1.11 bits per heavy atom. The van der Waals surface area contributed by atoms with E-state index < -0.39 is 7.12 Å². The highest BCUT2D eigenvalue weighted by Crippen LogP contribution is 2.14. The molecule has 1 aromatic carbocycles. The summed E-state index contributed by atoms with van der Waals surface area (Å²) in [6.07, 6.45) is 0. The summed E-state index contributed by atoms with van der Waals surface area (Å²) >= 11 is 0. The molecule has 0 unspecified atom stereocenters. The molecule has 0 saturated heterocycles. The SMILES string of the molecule is COc1ccc(B(OCCO)OCC(C)(C)C)cc1. The number of hydrogen-bond donors (Lipinski definition) is 1. The number of hydrogen-bond acceptors (Lipinski definition) is 4. The monoisotopic (exact) mass is 266 g/mol. The lowest BCUT2D eigenvalue weighted by Gasteiger charge is -2.22. The molecule has 0 aliphatic rings. The van der Waals surface area contributed by atoms with Gasteiger partial charge >= 0.3 is 7.12 Å². The van der Waals surface area contributed by atoms with Crippen molar-refractivity contribution in [3.63, 3.8) is 0 Å². The van der Waals surface area contributed by atoms with Crippen LogP contribution in [0, 0.1) is 5.41 Å². The Kier molecular flexibility index (Phi) is 6.35. The summed E-state index contributed by atoms with van der Waals surface area (Å²) in [5, 5.41) is 8.87. The molecule has 1 N–H and O–H groups in total. The van der Waals surface area contributed by atoms with Crippen LogP contribution in [0.2, 0.25) is 0 Å². The number of aliphatic hydroxyl groups excluding tert-OH is 1. The van der Waals surface area contributed by atoms with Crippen LogP contribution in [-0.4, -0.2) is 39.2 Å². The van der Waals surface area contributed by atoms with Gasteiger partial charge in [-0.25, -0.2) is 0 Å². The van der Waals surface area contributed by atoms with Gasteiger partial charge in [-0.15, -0.1) is 0 Å². The molecule has 0 atom stereocenters. The van der Waals surface area contributed by atoms with E-state index >= 15 is 0 Å². The molecule has 0 aliphatic heterocycles. The van der Waals surface area contributed by atoms with E-state index in [1.807, 2.05) is 24.3 Å². The number of methoxy groups -OCH3 is 1. The van der Waals surface area contributed by atoms with Gasteiger partial charge in [0.2, 0.25) is 0 Å². The molecular weight excluding hydrogens is 243 g/mol. The molecule has 0 heterocycles. The molecule has 106 valence electrons. The number of ether oxygens (including phenoxy) is 1. The molecule has 5 heteroatoms. The first-order valence-electron chi connectivity index (χ1n) is 6.44. The first-order chi connectivity index (χ1) is 8.96. The maximum atomic E-state index is 8.87. The van der Waals surface area contributed by atoms with Gasteiger partial charge in [-0.3, -0.25) is 0 Å². The Bertz CT molecular complexity index is 359. The highest BCUT2D eigenvalue weighted by Gasteiger charge is 2.24. The second-order valence-electron chi connectivity index (χ2n) is 5.57. The Morgan fingerprint density at radius 2 is 1.74 bits per heavy atom. The van der Waals surface area contributed by atoms with Gasteiger partial charge in [0, 0.05) is 6.61 Å². The highest BCUT2D eigenvalue weighted by molar-refractivity contribution is 6.61. The number of aliphatic hydroxyl groups is 1. The van der Waals surface area contributed by atoms with Crippen molar-refractivity contribution in [2.45, 2.75) is 20.8 Å². The Morgan fingerprint density at radius 3 is 2.21 bits per heavy atom. The largest absolute Gasteiger partial charge is 0.497 e. The molecule has 19 heavy (non-hydrogen) atoms. The van der Waals surface area contributed by atoms with Gasteiger partial charge in [-0.1, -0.05) is 32.9 Å². The molecule has 0 amide bonds. The minimum atomic E-state index is -0.461.